The summed E-state index contributed by atoms with van der Waals surface area (Å²) in [6.45, 7) is 6.00. The standard InChI is InChI=1S/C18H24N4O/c1-13-11-19-14(2)18(20-13)21-15-6-5-9-22(12-15)16-7-4-8-17(10-16)23-3/h4,7-8,10-11,15H,5-6,9,12H2,1-3H3,(H,20,21). The fraction of sp³-hybridized carbons (Fsp3) is 0.444. The Hall–Kier alpha value is -2.30. The van der Waals surface area contributed by atoms with Crippen LogP contribution in [0.25, 0.3) is 0 Å². The first-order valence-electron chi connectivity index (χ1n) is 8.11. The van der Waals surface area contributed by atoms with Crippen LogP contribution in [0.15, 0.2) is 30.5 Å². The average molecular weight is 312 g/mol. The second kappa shape index (κ2) is 6.86. The van der Waals surface area contributed by atoms with Crippen molar-refractivity contribution >= 4 is 11.5 Å². The van der Waals surface area contributed by atoms with Gasteiger partial charge in [0.25, 0.3) is 0 Å². The minimum atomic E-state index is 0.379. The van der Waals surface area contributed by atoms with Gasteiger partial charge in [-0.1, -0.05) is 6.07 Å². The third-order valence-corrected chi connectivity index (χ3v) is 4.26. The number of ether oxygens (including phenoxy) is 1. The van der Waals surface area contributed by atoms with Gasteiger partial charge in [-0.15, -0.1) is 0 Å². The lowest BCUT2D eigenvalue weighted by Crippen LogP contribution is -2.42. The molecular weight excluding hydrogens is 288 g/mol. The number of hydrogen-bond acceptors (Lipinski definition) is 5. The van der Waals surface area contributed by atoms with Crippen LogP contribution < -0.4 is 15.0 Å². The molecule has 5 heteroatoms. The molecule has 1 saturated heterocycles. The SMILES string of the molecule is COc1cccc(N2CCCC(Nc3nc(C)cnc3C)C2)c1. The van der Waals surface area contributed by atoms with Gasteiger partial charge in [-0.05, 0) is 38.8 Å². The van der Waals surface area contributed by atoms with E-state index in [1.807, 2.05) is 32.2 Å². The molecule has 0 bridgehead atoms. The minimum absolute atomic E-state index is 0.379. The maximum atomic E-state index is 5.34. The number of nitrogens with one attached hydrogen (secondary N) is 1. The Morgan fingerprint density at radius 3 is 3.00 bits per heavy atom. The molecule has 1 N–H and O–H groups in total. The third kappa shape index (κ3) is 3.73. The van der Waals surface area contributed by atoms with Gasteiger partial charge in [-0.2, -0.15) is 0 Å². The van der Waals surface area contributed by atoms with E-state index in [9.17, 15) is 0 Å². The zero-order valence-corrected chi connectivity index (χ0v) is 14.0. The van der Waals surface area contributed by atoms with E-state index in [1.165, 1.54) is 5.69 Å². The lowest BCUT2D eigenvalue weighted by Gasteiger charge is -2.35. The maximum Gasteiger partial charge on any atom is 0.148 e. The highest BCUT2D eigenvalue weighted by Crippen LogP contribution is 2.25. The molecule has 1 aliphatic rings. The summed E-state index contributed by atoms with van der Waals surface area (Å²) in [6, 6.07) is 8.64. The summed E-state index contributed by atoms with van der Waals surface area (Å²) in [6.07, 6.45) is 4.12. The molecule has 1 aromatic carbocycles. The first-order valence-corrected chi connectivity index (χ1v) is 8.11. The topological polar surface area (TPSA) is 50.3 Å². The van der Waals surface area contributed by atoms with Crippen molar-refractivity contribution in [2.75, 3.05) is 30.4 Å². The van der Waals surface area contributed by atoms with E-state index in [-0.39, 0.29) is 0 Å². The second-order valence-electron chi connectivity index (χ2n) is 6.08. The van der Waals surface area contributed by atoms with Crippen molar-refractivity contribution in [2.24, 2.45) is 0 Å². The molecule has 0 aliphatic carbocycles. The zero-order chi connectivity index (χ0) is 16.2. The Bertz CT molecular complexity index is 674. The molecule has 1 atom stereocenters. The Morgan fingerprint density at radius 2 is 2.17 bits per heavy atom. The quantitative estimate of drug-likeness (QED) is 0.939. The molecule has 2 heterocycles. The molecular formula is C18H24N4O. The Balaban J connectivity index is 1.71. The zero-order valence-electron chi connectivity index (χ0n) is 14.0. The largest absolute Gasteiger partial charge is 0.497 e. The summed E-state index contributed by atoms with van der Waals surface area (Å²) < 4.78 is 5.34. The van der Waals surface area contributed by atoms with Crippen molar-refractivity contribution < 1.29 is 4.74 Å². The van der Waals surface area contributed by atoms with Gasteiger partial charge in [0.1, 0.15) is 11.6 Å². The Morgan fingerprint density at radius 1 is 1.30 bits per heavy atom. The number of benzene rings is 1. The normalized spacial score (nSPS) is 17.9. The smallest absolute Gasteiger partial charge is 0.148 e. The van der Waals surface area contributed by atoms with Crippen LogP contribution in [0.5, 0.6) is 5.75 Å². The summed E-state index contributed by atoms with van der Waals surface area (Å²) in [5.41, 5.74) is 3.11. The number of rotatable bonds is 4. The first kappa shape index (κ1) is 15.6. The number of aryl methyl sites for hydroxylation is 2. The van der Waals surface area contributed by atoms with Crippen LogP contribution in [0.1, 0.15) is 24.2 Å². The first-order chi connectivity index (χ1) is 11.2. The van der Waals surface area contributed by atoms with Crippen molar-refractivity contribution in [3.05, 3.63) is 41.9 Å². The average Bonchev–Trinajstić information content (AvgIpc) is 2.58. The van der Waals surface area contributed by atoms with Crippen LogP contribution in [0.3, 0.4) is 0 Å². The van der Waals surface area contributed by atoms with Crippen molar-refractivity contribution in [2.45, 2.75) is 32.7 Å². The van der Waals surface area contributed by atoms with E-state index in [0.717, 1.165) is 48.9 Å². The van der Waals surface area contributed by atoms with Gasteiger partial charge >= 0.3 is 0 Å². The molecule has 0 saturated carbocycles. The number of nitrogens with zero attached hydrogens (tertiary/aromatic N) is 3. The van der Waals surface area contributed by atoms with Gasteiger partial charge in [0, 0.05) is 37.1 Å². The van der Waals surface area contributed by atoms with E-state index < -0.39 is 0 Å². The van der Waals surface area contributed by atoms with E-state index in [2.05, 4.69) is 32.3 Å². The maximum absolute atomic E-state index is 5.34. The van der Waals surface area contributed by atoms with Gasteiger partial charge in [-0.25, -0.2) is 4.98 Å². The van der Waals surface area contributed by atoms with Gasteiger partial charge in [-0.3, -0.25) is 4.98 Å². The summed E-state index contributed by atoms with van der Waals surface area (Å²) in [5.74, 6) is 1.81. The summed E-state index contributed by atoms with van der Waals surface area (Å²) in [5, 5.41) is 3.57. The van der Waals surface area contributed by atoms with Crippen LogP contribution in [-0.4, -0.2) is 36.2 Å². The fourth-order valence-electron chi connectivity index (χ4n) is 3.00. The van der Waals surface area contributed by atoms with Crippen LogP contribution in [0.4, 0.5) is 11.5 Å². The molecule has 1 fully saturated rings. The molecule has 0 amide bonds. The molecule has 1 aromatic heterocycles. The minimum Gasteiger partial charge on any atom is -0.497 e. The van der Waals surface area contributed by atoms with Gasteiger partial charge in [0.2, 0.25) is 0 Å². The van der Waals surface area contributed by atoms with E-state index >= 15 is 0 Å². The third-order valence-electron chi connectivity index (χ3n) is 4.26. The molecule has 23 heavy (non-hydrogen) atoms. The highest BCUT2D eigenvalue weighted by molar-refractivity contribution is 5.52. The predicted octanol–water partition coefficient (Wildman–Crippen LogP) is 3.18. The predicted molar refractivity (Wildman–Crippen MR) is 93.4 cm³/mol. The van der Waals surface area contributed by atoms with E-state index in [1.54, 1.807) is 7.11 Å². The molecule has 122 valence electrons. The number of methoxy groups -OCH3 is 1. The van der Waals surface area contributed by atoms with Crippen LogP contribution in [-0.2, 0) is 0 Å². The highest BCUT2D eigenvalue weighted by Gasteiger charge is 2.21. The summed E-state index contributed by atoms with van der Waals surface area (Å²) in [4.78, 5) is 11.4. The number of aromatic nitrogens is 2. The van der Waals surface area contributed by atoms with Gasteiger partial charge in [0.15, 0.2) is 0 Å². The number of anilines is 2. The second-order valence-corrected chi connectivity index (χ2v) is 6.08. The lowest BCUT2D eigenvalue weighted by atomic mass is 10.0. The fourth-order valence-corrected chi connectivity index (χ4v) is 3.00. The number of piperidine rings is 1. The highest BCUT2D eigenvalue weighted by atomic mass is 16.5. The van der Waals surface area contributed by atoms with Crippen LogP contribution in [0.2, 0.25) is 0 Å². The van der Waals surface area contributed by atoms with Crippen molar-refractivity contribution in [1.82, 2.24) is 9.97 Å². The molecule has 1 unspecified atom stereocenters. The molecule has 1 aliphatic heterocycles. The molecule has 3 rings (SSSR count). The lowest BCUT2D eigenvalue weighted by molar-refractivity contribution is 0.414. The summed E-state index contributed by atoms with van der Waals surface area (Å²) in [7, 11) is 1.71. The number of hydrogen-bond donors (Lipinski definition) is 1. The molecule has 2 aromatic rings. The van der Waals surface area contributed by atoms with Crippen molar-refractivity contribution in [3.63, 3.8) is 0 Å². The Kier molecular flexibility index (Phi) is 4.65. The van der Waals surface area contributed by atoms with E-state index in [0.29, 0.717) is 6.04 Å². The van der Waals surface area contributed by atoms with E-state index in [4.69, 9.17) is 4.74 Å². The molecule has 5 nitrogen and oxygen atoms in total. The van der Waals surface area contributed by atoms with Crippen LogP contribution >= 0.6 is 0 Å². The molecule has 0 radical (unpaired) electrons. The summed E-state index contributed by atoms with van der Waals surface area (Å²) >= 11 is 0. The van der Waals surface area contributed by atoms with Crippen molar-refractivity contribution in [1.29, 1.82) is 0 Å². The molecule has 0 spiro atoms. The monoisotopic (exact) mass is 312 g/mol. The van der Waals surface area contributed by atoms with Crippen molar-refractivity contribution in [3.8, 4) is 5.75 Å². The Labute approximate surface area is 137 Å². The van der Waals surface area contributed by atoms with Gasteiger partial charge < -0.3 is 15.0 Å². The van der Waals surface area contributed by atoms with Gasteiger partial charge in [0.05, 0.1) is 18.5 Å². The van der Waals surface area contributed by atoms with Crippen LogP contribution in [0, 0.1) is 13.8 Å².